The van der Waals surface area contributed by atoms with Crippen molar-refractivity contribution in [2.75, 3.05) is 5.73 Å². The van der Waals surface area contributed by atoms with E-state index in [0.717, 1.165) is 0 Å². The van der Waals surface area contributed by atoms with Crippen LogP contribution in [0.15, 0.2) is 48.5 Å². The lowest BCUT2D eigenvalue weighted by Gasteiger charge is -2.06. The highest BCUT2D eigenvalue weighted by molar-refractivity contribution is 5.46. The molecule has 3 heteroatoms. The van der Waals surface area contributed by atoms with Crippen LogP contribution in [-0.2, 0) is 0 Å². The highest BCUT2D eigenvalue weighted by Crippen LogP contribution is 2.25. The van der Waals surface area contributed by atoms with Crippen LogP contribution >= 0.6 is 0 Å². The molecule has 15 heavy (non-hydrogen) atoms. The Hall–Kier alpha value is -2.03. The van der Waals surface area contributed by atoms with Gasteiger partial charge in [0.25, 0.3) is 0 Å². The summed E-state index contributed by atoms with van der Waals surface area (Å²) < 4.78 is 18.6. The van der Waals surface area contributed by atoms with E-state index >= 15 is 0 Å². The summed E-state index contributed by atoms with van der Waals surface area (Å²) in [5, 5.41) is 0. The van der Waals surface area contributed by atoms with Crippen LogP contribution in [0, 0.1) is 5.82 Å². The number of halogens is 1. The van der Waals surface area contributed by atoms with Gasteiger partial charge in [-0.25, -0.2) is 4.39 Å². The second kappa shape index (κ2) is 4.00. The molecule has 0 radical (unpaired) electrons. The first-order valence-electron chi connectivity index (χ1n) is 4.53. The molecule has 0 atom stereocenters. The molecule has 2 N–H and O–H groups in total. The van der Waals surface area contributed by atoms with Crippen molar-refractivity contribution in [1.29, 1.82) is 0 Å². The lowest BCUT2D eigenvalue weighted by Crippen LogP contribution is -1.91. The smallest absolute Gasteiger partial charge is 0.165 e. The Morgan fingerprint density at radius 3 is 2.47 bits per heavy atom. The average molecular weight is 203 g/mol. The number of hydrogen-bond acceptors (Lipinski definition) is 2. The predicted octanol–water partition coefficient (Wildman–Crippen LogP) is 3.20. The number of para-hydroxylation sites is 1. The SMILES string of the molecule is Nc1ccc(F)c(Oc2ccccc2)c1. The van der Waals surface area contributed by atoms with Gasteiger partial charge in [0.15, 0.2) is 11.6 Å². The Bertz CT molecular complexity index is 456. The summed E-state index contributed by atoms with van der Waals surface area (Å²) in [4.78, 5) is 0. The number of anilines is 1. The molecule has 2 nitrogen and oxygen atoms in total. The number of hydrogen-bond donors (Lipinski definition) is 1. The zero-order valence-electron chi connectivity index (χ0n) is 7.98. The van der Waals surface area contributed by atoms with Gasteiger partial charge in [-0.1, -0.05) is 18.2 Å². The zero-order valence-corrected chi connectivity index (χ0v) is 7.98. The molecule has 2 aromatic carbocycles. The second-order valence-electron chi connectivity index (χ2n) is 3.10. The monoisotopic (exact) mass is 203 g/mol. The predicted molar refractivity (Wildman–Crippen MR) is 57.3 cm³/mol. The maximum absolute atomic E-state index is 13.3. The first-order valence-corrected chi connectivity index (χ1v) is 4.53. The van der Waals surface area contributed by atoms with Crippen LogP contribution in [-0.4, -0.2) is 0 Å². The second-order valence-corrected chi connectivity index (χ2v) is 3.10. The van der Waals surface area contributed by atoms with Crippen molar-refractivity contribution in [3.63, 3.8) is 0 Å². The quantitative estimate of drug-likeness (QED) is 0.760. The number of rotatable bonds is 2. The minimum absolute atomic E-state index is 0.140. The molecular formula is C12H10FNO. The van der Waals surface area contributed by atoms with Crippen LogP contribution in [0.25, 0.3) is 0 Å². The Balaban J connectivity index is 2.28. The summed E-state index contributed by atoms with van der Waals surface area (Å²) in [7, 11) is 0. The van der Waals surface area contributed by atoms with Gasteiger partial charge in [-0.15, -0.1) is 0 Å². The normalized spacial score (nSPS) is 9.93. The Morgan fingerprint density at radius 2 is 1.73 bits per heavy atom. The molecule has 0 fully saturated rings. The van der Waals surface area contributed by atoms with Crippen molar-refractivity contribution in [2.24, 2.45) is 0 Å². The molecule has 0 saturated carbocycles. The van der Waals surface area contributed by atoms with Gasteiger partial charge < -0.3 is 10.5 Å². The standard InChI is InChI=1S/C12H10FNO/c13-11-7-6-9(14)8-12(11)15-10-4-2-1-3-5-10/h1-8H,14H2. The molecule has 0 aromatic heterocycles. The van der Waals surface area contributed by atoms with E-state index in [1.54, 1.807) is 12.1 Å². The molecule has 0 amide bonds. The van der Waals surface area contributed by atoms with Gasteiger partial charge in [-0.2, -0.15) is 0 Å². The minimum atomic E-state index is -0.423. The lowest BCUT2D eigenvalue weighted by atomic mass is 10.3. The highest BCUT2D eigenvalue weighted by atomic mass is 19.1. The van der Waals surface area contributed by atoms with Crippen LogP contribution in [0.1, 0.15) is 0 Å². The number of benzene rings is 2. The first-order chi connectivity index (χ1) is 7.25. The number of nitrogens with two attached hydrogens (primary N) is 1. The largest absolute Gasteiger partial charge is 0.454 e. The molecule has 0 unspecified atom stereocenters. The van der Waals surface area contributed by atoms with Crippen LogP contribution in [0.4, 0.5) is 10.1 Å². The van der Waals surface area contributed by atoms with Gasteiger partial charge in [0.05, 0.1) is 0 Å². The summed E-state index contributed by atoms with van der Waals surface area (Å²) in [6.45, 7) is 0. The topological polar surface area (TPSA) is 35.2 Å². The maximum Gasteiger partial charge on any atom is 0.165 e. The van der Waals surface area contributed by atoms with Crippen molar-refractivity contribution in [3.05, 3.63) is 54.3 Å². The molecule has 76 valence electrons. The fourth-order valence-electron chi connectivity index (χ4n) is 1.21. The fourth-order valence-corrected chi connectivity index (χ4v) is 1.21. The van der Waals surface area contributed by atoms with Crippen LogP contribution < -0.4 is 10.5 Å². The zero-order chi connectivity index (χ0) is 10.7. The van der Waals surface area contributed by atoms with E-state index in [4.69, 9.17) is 10.5 Å². The highest BCUT2D eigenvalue weighted by Gasteiger charge is 2.04. The third-order valence-electron chi connectivity index (χ3n) is 1.93. The molecule has 2 aromatic rings. The fraction of sp³-hybridized carbons (Fsp3) is 0. The molecule has 0 spiro atoms. The molecule has 0 heterocycles. The Kier molecular flexibility index (Phi) is 2.54. The third kappa shape index (κ3) is 2.26. The van der Waals surface area contributed by atoms with Gasteiger partial charge >= 0.3 is 0 Å². The number of nitrogen functional groups attached to an aromatic ring is 1. The van der Waals surface area contributed by atoms with E-state index in [2.05, 4.69) is 0 Å². The van der Waals surface area contributed by atoms with Crippen molar-refractivity contribution >= 4 is 5.69 Å². The summed E-state index contributed by atoms with van der Waals surface area (Å²) in [6.07, 6.45) is 0. The molecule has 0 saturated heterocycles. The minimum Gasteiger partial charge on any atom is -0.454 e. The average Bonchev–Trinajstić information content (AvgIpc) is 2.25. The summed E-state index contributed by atoms with van der Waals surface area (Å²) in [5.41, 5.74) is 6.01. The molecule has 0 aliphatic heterocycles. The van der Waals surface area contributed by atoms with E-state index < -0.39 is 5.82 Å². The van der Waals surface area contributed by atoms with E-state index in [-0.39, 0.29) is 5.75 Å². The lowest BCUT2D eigenvalue weighted by molar-refractivity contribution is 0.442. The maximum atomic E-state index is 13.3. The summed E-state index contributed by atoms with van der Waals surface area (Å²) >= 11 is 0. The van der Waals surface area contributed by atoms with E-state index in [9.17, 15) is 4.39 Å². The van der Waals surface area contributed by atoms with Gasteiger partial charge in [0.2, 0.25) is 0 Å². The third-order valence-corrected chi connectivity index (χ3v) is 1.93. The van der Waals surface area contributed by atoms with Gasteiger partial charge in [-0.05, 0) is 24.3 Å². The van der Waals surface area contributed by atoms with Gasteiger partial charge in [-0.3, -0.25) is 0 Å². The van der Waals surface area contributed by atoms with Crippen LogP contribution in [0.3, 0.4) is 0 Å². The first kappa shape index (κ1) is 9.52. The van der Waals surface area contributed by atoms with Crippen molar-refractivity contribution in [2.45, 2.75) is 0 Å². The summed E-state index contributed by atoms with van der Waals surface area (Å²) in [6, 6.07) is 13.2. The van der Waals surface area contributed by atoms with E-state index in [1.165, 1.54) is 18.2 Å². The van der Waals surface area contributed by atoms with Gasteiger partial charge in [0.1, 0.15) is 5.75 Å². The van der Waals surface area contributed by atoms with Crippen molar-refractivity contribution < 1.29 is 9.13 Å². The number of ether oxygens (including phenoxy) is 1. The van der Waals surface area contributed by atoms with Crippen LogP contribution in [0.2, 0.25) is 0 Å². The van der Waals surface area contributed by atoms with E-state index in [0.29, 0.717) is 11.4 Å². The molecular weight excluding hydrogens is 193 g/mol. The molecule has 0 aliphatic rings. The Morgan fingerprint density at radius 1 is 1.00 bits per heavy atom. The molecule has 0 aliphatic carbocycles. The molecule has 2 rings (SSSR count). The Labute approximate surface area is 87.1 Å². The molecule has 0 bridgehead atoms. The van der Waals surface area contributed by atoms with Crippen molar-refractivity contribution in [1.82, 2.24) is 0 Å². The summed E-state index contributed by atoms with van der Waals surface area (Å²) in [5.74, 6) is 0.302. The van der Waals surface area contributed by atoms with Crippen molar-refractivity contribution in [3.8, 4) is 11.5 Å². The van der Waals surface area contributed by atoms with E-state index in [1.807, 2.05) is 18.2 Å². The van der Waals surface area contributed by atoms with Gasteiger partial charge in [0, 0.05) is 11.8 Å². The van der Waals surface area contributed by atoms with Crippen LogP contribution in [0.5, 0.6) is 11.5 Å².